The summed E-state index contributed by atoms with van der Waals surface area (Å²) in [6.07, 6.45) is -4.70. The maximum absolute atomic E-state index is 12.3. The lowest BCUT2D eigenvalue weighted by atomic mass is 10.0. The van der Waals surface area contributed by atoms with Gasteiger partial charge in [0.2, 0.25) is 0 Å². The summed E-state index contributed by atoms with van der Waals surface area (Å²) in [6, 6.07) is 41.3. The van der Waals surface area contributed by atoms with E-state index < -0.39 is 6.36 Å². The lowest BCUT2D eigenvalue weighted by Crippen LogP contribution is -2.17. The van der Waals surface area contributed by atoms with Gasteiger partial charge in [-0.1, -0.05) is 108 Å². The molecule has 8 nitrogen and oxygen atoms in total. The van der Waals surface area contributed by atoms with Gasteiger partial charge >= 0.3 is 6.36 Å². The Morgan fingerprint density at radius 2 is 1.09 bits per heavy atom. The number of benzene rings is 6. The van der Waals surface area contributed by atoms with Crippen molar-refractivity contribution in [3.8, 4) is 33.8 Å². The lowest BCUT2D eigenvalue weighted by molar-refractivity contribution is -0.274. The van der Waals surface area contributed by atoms with Gasteiger partial charge in [-0.15, -0.1) is 13.2 Å². The van der Waals surface area contributed by atoms with E-state index >= 15 is 0 Å². The molecule has 2 heterocycles. The molecule has 0 spiro atoms. The molecule has 8 rings (SSSR count). The highest BCUT2D eigenvalue weighted by molar-refractivity contribution is 6.34. The van der Waals surface area contributed by atoms with Gasteiger partial charge in [0.05, 0.1) is 28.2 Å². The quantitative estimate of drug-likeness (QED) is 0.110. The van der Waals surface area contributed by atoms with Gasteiger partial charge in [0, 0.05) is 35.0 Å². The number of methoxy groups -OCH3 is 1. The topological polar surface area (TPSA) is 99.9 Å². The summed E-state index contributed by atoms with van der Waals surface area (Å²) in [7, 11) is 1.67. The first-order valence-corrected chi connectivity index (χ1v) is 17.8. The molecule has 0 aliphatic heterocycles. The zero-order valence-corrected chi connectivity index (χ0v) is 30.7. The van der Waals surface area contributed by atoms with E-state index in [1.807, 2.05) is 84.9 Å². The zero-order chi connectivity index (χ0) is 38.4. The number of aromatic nitrogens is 4. The molecule has 55 heavy (non-hydrogen) atoms. The number of nitrogens with one attached hydrogen (secondary N) is 4. The van der Waals surface area contributed by atoms with Crippen molar-refractivity contribution >= 4 is 56.6 Å². The van der Waals surface area contributed by atoms with Crippen molar-refractivity contribution in [2.24, 2.45) is 0 Å². The summed E-state index contributed by atoms with van der Waals surface area (Å²) in [5, 5.41) is 24.4. The van der Waals surface area contributed by atoms with Crippen molar-refractivity contribution in [3.63, 3.8) is 0 Å². The number of halogens is 5. The average molecular weight is 782 g/mol. The summed E-state index contributed by atoms with van der Waals surface area (Å²) in [5.74, 6) is 2.02. The highest BCUT2D eigenvalue weighted by atomic mass is 35.5. The minimum atomic E-state index is -4.70. The second kappa shape index (κ2) is 16.5. The van der Waals surface area contributed by atoms with E-state index in [0.717, 1.165) is 66.8 Å². The largest absolute Gasteiger partial charge is 0.573 e. The van der Waals surface area contributed by atoms with Gasteiger partial charge in [0.15, 0.2) is 11.6 Å². The number of aromatic amines is 2. The van der Waals surface area contributed by atoms with Gasteiger partial charge in [-0.2, -0.15) is 10.2 Å². The third-order valence-electron chi connectivity index (χ3n) is 8.68. The molecule has 0 aliphatic rings. The second-order valence-electron chi connectivity index (χ2n) is 12.4. The number of ether oxygens (including phenoxy) is 2. The Labute approximate surface area is 324 Å². The van der Waals surface area contributed by atoms with Crippen molar-refractivity contribution in [2.45, 2.75) is 19.5 Å². The summed E-state index contributed by atoms with van der Waals surface area (Å²) >= 11 is 12.9. The van der Waals surface area contributed by atoms with E-state index in [-0.39, 0.29) is 5.75 Å². The SMILES string of the molecule is COc1cccc(CNc2n[nH]c3cc(Cl)c(-c4ccccc4)cc23)c1.FC(F)(F)Oc1ccc(CNc2n[nH]c3cc(Cl)c(-c4ccccc4)cc23)cc1. The summed E-state index contributed by atoms with van der Waals surface area (Å²) in [4.78, 5) is 0. The van der Waals surface area contributed by atoms with Crippen LogP contribution < -0.4 is 20.1 Å². The van der Waals surface area contributed by atoms with E-state index in [1.165, 1.54) is 12.1 Å². The number of fused-ring (bicyclic) bond motifs is 2. The van der Waals surface area contributed by atoms with E-state index in [1.54, 1.807) is 19.2 Å². The van der Waals surface area contributed by atoms with Crippen LogP contribution in [0.5, 0.6) is 11.5 Å². The molecule has 8 aromatic rings. The van der Waals surface area contributed by atoms with Gasteiger partial charge in [-0.25, -0.2) is 0 Å². The highest BCUT2D eigenvalue weighted by Crippen LogP contribution is 2.36. The average Bonchev–Trinajstić information content (AvgIpc) is 3.78. The Kier molecular flexibility index (Phi) is 11.1. The van der Waals surface area contributed by atoms with Crippen LogP contribution in [-0.4, -0.2) is 33.9 Å². The Morgan fingerprint density at radius 1 is 0.582 bits per heavy atom. The predicted octanol–water partition coefficient (Wildman–Crippen LogP) is 11.9. The highest BCUT2D eigenvalue weighted by Gasteiger charge is 2.31. The third-order valence-corrected chi connectivity index (χ3v) is 9.31. The van der Waals surface area contributed by atoms with Crippen LogP contribution in [0.15, 0.2) is 133 Å². The Hall–Kier alpha value is -6.17. The van der Waals surface area contributed by atoms with Crippen LogP contribution in [0.1, 0.15) is 11.1 Å². The second-order valence-corrected chi connectivity index (χ2v) is 13.2. The molecule has 0 saturated heterocycles. The van der Waals surface area contributed by atoms with Gasteiger partial charge < -0.3 is 20.1 Å². The van der Waals surface area contributed by atoms with Gasteiger partial charge in [0.1, 0.15) is 11.5 Å². The fourth-order valence-electron chi connectivity index (χ4n) is 5.99. The lowest BCUT2D eigenvalue weighted by Gasteiger charge is -2.10. The fraction of sp³-hybridized carbons (Fsp3) is 0.0952. The van der Waals surface area contributed by atoms with Gasteiger partial charge in [0.25, 0.3) is 0 Å². The van der Waals surface area contributed by atoms with Crippen LogP contribution in [0, 0.1) is 0 Å². The van der Waals surface area contributed by atoms with Crippen LogP contribution in [0.4, 0.5) is 24.8 Å². The van der Waals surface area contributed by atoms with Gasteiger partial charge in [-0.05, 0) is 70.8 Å². The molecule has 0 atom stereocenters. The maximum atomic E-state index is 12.3. The summed E-state index contributed by atoms with van der Waals surface area (Å²) < 4.78 is 45.9. The Morgan fingerprint density at radius 3 is 1.58 bits per heavy atom. The zero-order valence-electron chi connectivity index (χ0n) is 29.2. The van der Waals surface area contributed by atoms with Crippen molar-refractivity contribution in [1.82, 2.24) is 20.4 Å². The first-order chi connectivity index (χ1) is 26.6. The summed E-state index contributed by atoms with van der Waals surface area (Å²) in [5.41, 5.74) is 7.55. The molecule has 2 aromatic heterocycles. The number of H-pyrrole nitrogens is 2. The van der Waals surface area contributed by atoms with Crippen LogP contribution in [-0.2, 0) is 13.1 Å². The normalized spacial score (nSPS) is 11.2. The Bertz CT molecular complexity index is 2530. The van der Waals surface area contributed by atoms with Crippen molar-refractivity contribution < 1.29 is 22.6 Å². The van der Waals surface area contributed by atoms with Crippen LogP contribution in [0.3, 0.4) is 0 Å². The van der Waals surface area contributed by atoms with E-state index in [4.69, 9.17) is 27.9 Å². The first-order valence-electron chi connectivity index (χ1n) is 17.0. The minimum Gasteiger partial charge on any atom is -0.497 e. The molecule has 13 heteroatoms. The van der Waals surface area contributed by atoms with Crippen molar-refractivity contribution in [3.05, 3.63) is 155 Å². The monoisotopic (exact) mass is 780 g/mol. The third kappa shape index (κ3) is 9.14. The van der Waals surface area contributed by atoms with Gasteiger partial charge in [-0.3, -0.25) is 10.2 Å². The predicted molar refractivity (Wildman–Crippen MR) is 214 cm³/mol. The maximum Gasteiger partial charge on any atom is 0.573 e. The smallest absolute Gasteiger partial charge is 0.497 e. The standard InChI is InChI=1S/C21H15ClF3N3O.C21H18ClN3O/c22-18-11-19-17(10-16(18)14-4-2-1-3-5-14)20(28-27-19)26-12-13-6-8-15(9-7-13)29-21(23,24)25;1-26-16-9-5-6-14(10-16)13-23-21-18-11-17(15-7-3-2-4-8-15)19(22)12-20(18)24-25-21/h1-11H,12H2,(H2,26,27,28);2-12H,13H2,1H3,(H2,23,24,25). The molecule has 0 bridgehead atoms. The molecule has 0 saturated carbocycles. The Balaban J connectivity index is 0.000000170. The molecule has 0 radical (unpaired) electrons. The summed E-state index contributed by atoms with van der Waals surface area (Å²) in [6.45, 7) is 1.04. The molecule has 278 valence electrons. The van der Waals surface area contributed by atoms with Crippen LogP contribution in [0.25, 0.3) is 44.1 Å². The van der Waals surface area contributed by atoms with Crippen LogP contribution in [0.2, 0.25) is 10.0 Å². The molecule has 0 fully saturated rings. The molecule has 0 aliphatic carbocycles. The molecule has 4 N–H and O–H groups in total. The molecule has 6 aromatic carbocycles. The number of hydrogen-bond acceptors (Lipinski definition) is 6. The van der Waals surface area contributed by atoms with Crippen LogP contribution >= 0.6 is 23.2 Å². The number of nitrogens with zero attached hydrogens (tertiary/aromatic N) is 2. The molecule has 0 amide bonds. The number of hydrogen-bond donors (Lipinski definition) is 4. The minimum absolute atomic E-state index is 0.256. The molecule has 0 unspecified atom stereocenters. The molecular weight excluding hydrogens is 748 g/mol. The fourth-order valence-corrected chi connectivity index (χ4v) is 6.53. The van der Waals surface area contributed by atoms with E-state index in [9.17, 15) is 13.2 Å². The van der Waals surface area contributed by atoms with Crippen molar-refractivity contribution in [2.75, 3.05) is 17.7 Å². The number of alkyl halides is 3. The van der Waals surface area contributed by atoms with E-state index in [2.05, 4.69) is 60.0 Å². The van der Waals surface area contributed by atoms with Crippen molar-refractivity contribution in [1.29, 1.82) is 0 Å². The molecular formula is C42H33Cl2F3N6O2. The number of anilines is 2. The first kappa shape index (κ1) is 37.2. The van der Waals surface area contributed by atoms with E-state index in [0.29, 0.717) is 29.0 Å². The number of rotatable bonds is 10.